The summed E-state index contributed by atoms with van der Waals surface area (Å²) in [5, 5.41) is 0. The van der Waals surface area contributed by atoms with E-state index in [4.69, 9.17) is 4.74 Å². The van der Waals surface area contributed by atoms with Gasteiger partial charge in [0.15, 0.2) is 6.29 Å². The van der Waals surface area contributed by atoms with E-state index in [1.54, 1.807) is 18.3 Å². The van der Waals surface area contributed by atoms with Crippen molar-refractivity contribution in [2.24, 2.45) is 0 Å². The molecule has 0 bridgehead atoms. The highest BCUT2D eigenvalue weighted by atomic mass is 16.5. The zero-order chi connectivity index (χ0) is 10.5. The number of carbonyl (C=O) groups is 1. The van der Waals surface area contributed by atoms with Crippen molar-refractivity contribution in [2.75, 3.05) is 0 Å². The van der Waals surface area contributed by atoms with Crippen LogP contribution in [0.4, 0.5) is 0 Å². The van der Waals surface area contributed by atoms with Gasteiger partial charge in [0.05, 0.1) is 5.56 Å². The maximum absolute atomic E-state index is 10.7. The second-order valence-electron chi connectivity index (χ2n) is 3.89. The second-order valence-corrected chi connectivity index (χ2v) is 3.89. The maximum Gasteiger partial charge on any atom is 0.224 e. The van der Waals surface area contributed by atoms with Gasteiger partial charge in [-0.25, -0.2) is 4.98 Å². The SMILES string of the molecule is O=Cc1cccnc1OC1CCCCC1. The van der Waals surface area contributed by atoms with E-state index < -0.39 is 0 Å². The minimum Gasteiger partial charge on any atom is -0.474 e. The van der Waals surface area contributed by atoms with Gasteiger partial charge in [-0.3, -0.25) is 4.79 Å². The molecule has 0 aliphatic heterocycles. The van der Waals surface area contributed by atoms with Crippen LogP contribution in [0.5, 0.6) is 5.88 Å². The molecule has 0 unspecified atom stereocenters. The molecule has 1 aliphatic rings. The summed E-state index contributed by atoms with van der Waals surface area (Å²) < 4.78 is 5.73. The smallest absolute Gasteiger partial charge is 0.224 e. The Labute approximate surface area is 89.5 Å². The normalized spacial score (nSPS) is 17.3. The lowest BCUT2D eigenvalue weighted by Crippen LogP contribution is -2.20. The van der Waals surface area contributed by atoms with Crippen LogP contribution in [-0.4, -0.2) is 17.4 Å². The van der Waals surface area contributed by atoms with Crippen LogP contribution in [0.15, 0.2) is 18.3 Å². The van der Waals surface area contributed by atoms with Gasteiger partial charge in [-0.1, -0.05) is 6.42 Å². The monoisotopic (exact) mass is 205 g/mol. The largest absolute Gasteiger partial charge is 0.474 e. The molecule has 0 saturated heterocycles. The molecule has 1 aromatic rings. The first-order valence-corrected chi connectivity index (χ1v) is 5.47. The number of hydrogen-bond donors (Lipinski definition) is 0. The molecule has 0 N–H and O–H groups in total. The van der Waals surface area contributed by atoms with Crippen molar-refractivity contribution in [2.45, 2.75) is 38.2 Å². The summed E-state index contributed by atoms with van der Waals surface area (Å²) >= 11 is 0. The third-order valence-electron chi connectivity index (χ3n) is 2.76. The van der Waals surface area contributed by atoms with Crippen molar-refractivity contribution in [3.05, 3.63) is 23.9 Å². The summed E-state index contributed by atoms with van der Waals surface area (Å²) in [4.78, 5) is 14.8. The van der Waals surface area contributed by atoms with E-state index in [9.17, 15) is 4.79 Å². The minimum absolute atomic E-state index is 0.243. The number of ether oxygens (including phenoxy) is 1. The topological polar surface area (TPSA) is 39.2 Å². The molecular formula is C12H15NO2. The van der Waals surface area contributed by atoms with Gasteiger partial charge in [-0.2, -0.15) is 0 Å². The van der Waals surface area contributed by atoms with Crippen molar-refractivity contribution < 1.29 is 9.53 Å². The molecule has 1 heterocycles. The quantitative estimate of drug-likeness (QED) is 0.712. The number of carbonyl (C=O) groups excluding carboxylic acids is 1. The van der Waals surface area contributed by atoms with Crippen molar-refractivity contribution >= 4 is 6.29 Å². The maximum atomic E-state index is 10.7. The Morgan fingerprint density at radius 3 is 2.87 bits per heavy atom. The van der Waals surface area contributed by atoms with E-state index in [1.807, 2.05) is 0 Å². The van der Waals surface area contributed by atoms with E-state index in [-0.39, 0.29) is 6.10 Å². The van der Waals surface area contributed by atoms with Crippen LogP contribution in [0.1, 0.15) is 42.5 Å². The van der Waals surface area contributed by atoms with Gasteiger partial charge in [-0.15, -0.1) is 0 Å². The molecule has 3 heteroatoms. The average molecular weight is 205 g/mol. The van der Waals surface area contributed by atoms with Crippen molar-refractivity contribution in [3.8, 4) is 5.88 Å². The predicted molar refractivity (Wildman–Crippen MR) is 57.1 cm³/mol. The molecule has 0 amide bonds. The van der Waals surface area contributed by atoms with Gasteiger partial charge in [0, 0.05) is 6.20 Å². The lowest BCUT2D eigenvalue weighted by molar-refractivity contribution is 0.110. The Kier molecular flexibility index (Phi) is 3.33. The molecule has 0 aromatic carbocycles. The van der Waals surface area contributed by atoms with E-state index in [0.717, 1.165) is 19.1 Å². The lowest BCUT2D eigenvalue weighted by Gasteiger charge is -2.22. The third-order valence-corrected chi connectivity index (χ3v) is 2.76. The molecule has 3 nitrogen and oxygen atoms in total. The number of nitrogens with zero attached hydrogens (tertiary/aromatic N) is 1. The van der Waals surface area contributed by atoms with Crippen molar-refractivity contribution in [3.63, 3.8) is 0 Å². The molecule has 1 aliphatic carbocycles. The molecule has 0 radical (unpaired) electrons. The highest BCUT2D eigenvalue weighted by molar-refractivity contribution is 5.77. The summed E-state index contributed by atoms with van der Waals surface area (Å²) in [6.45, 7) is 0. The van der Waals surface area contributed by atoms with E-state index in [0.29, 0.717) is 11.4 Å². The number of rotatable bonds is 3. The van der Waals surface area contributed by atoms with Gasteiger partial charge < -0.3 is 4.74 Å². The molecule has 1 saturated carbocycles. The highest BCUT2D eigenvalue weighted by Gasteiger charge is 2.16. The summed E-state index contributed by atoms with van der Waals surface area (Å²) in [5.74, 6) is 0.486. The zero-order valence-corrected chi connectivity index (χ0v) is 8.69. The molecular weight excluding hydrogens is 190 g/mol. The average Bonchev–Trinajstić information content (AvgIpc) is 2.31. The first-order chi connectivity index (χ1) is 7.40. The molecule has 1 fully saturated rings. The Hall–Kier alpha value is -1.38. The third kappa shape index (κ3) is 2.55. The van der Waals surface area contributed by atoms with Crippen LogP contribution in [0.25, 0.3) is 0 Å². The Morgan fingerprint density at radius 1 is 1.33 bits per heavy atom. The molecule has 15 heavy (non-hydrogen) atoms. The standard InChI is InChI=1S/C12H15NO2/c14-9-10-5-4-8-13-12(10)15-11-6-2-1-3-7-11/h4-5,8-9,11H,1-3,6-7H2. The minimum atomic E-state index is 0.243. The molecule has 1 aromatic heterocycles. The van der Waals surface area contributed by atoms with Crippen LogP contribution in [-0.2, 0) is 0 Å². The zero-order valence-electron chi connectivity index (χ0n) is 8.69. The van der Waals surface area contributed by atoms with Crippen molar-refractivity contribution in [1.29, 1.82) is 0 Å². The Balaban J connectivity index is 2.05. The number of aromatic nitrogens is 1. The Morgan fingerprint density at radius 2 is 2.13 bits per heavy atom. The van der Waals surface area contributed by atoms with E-state index in [1.165, 1.54) is 19.3 Å². The summed E-state index contributed by atoms with van der Waals surface area (Å²) in [6.07, 6.45) is 8.58. The summed E-state index contributed by atoms with van der Waals surface area (Å²) in [7, 11) is 0. The molecule has 0 spiro atoms. The molecule has 80 valence electrons. The Bertz CT molecular complexity index is 332. The first-order valence-electron chi connectivity index (χ1n) is 5.47. The first kappa shape index (κ1) is 10.1. The predicted octanol–water partition coefficient (Wildman–Crippen LogP) is 2.61. The van der Waals surface area contributed by atoms with E-state index in [2.05, 4.69) is 4.98 Å². The van der Waals surface area contributed by atoms with Gasteiger partial charge in [-0.05, 0) is 37.8 Å². The van der Waals surface area contributed by atoms with Crippen LogP contribution in [0, 0.1) is 0 Å². The molecule has 0 atom stereocenters. The van der Waals surface area contributed by atoms with Gasteiger partial charge in [0.25, 0.3) is 0 Å². The number of pyridine rings is 1. The lowest BCUT2D eigenvalue weighted by atomic mass is 9.98. The fourth-order valence-electron chi connectivity index (χ4n) is 1.93. The fraction of sp³-hybridized carbons (Fsp3) is 0.500. The van der Waals surface area contributed by atoms with Crippen LogP contribution in [0.2, 0.25) is 0 Å². The van der Waals surface area contributed by atoms with Gasteiger partial charge in [0.2, 0.25) is 5.88 Å². The second kappa shape index (κ2) is 4.91. The van der Waals surface area contributed by atoms with Crippen LogP contribution in [0.3, 0.4) is 0 Å². The molecule has 2 rings (SSSR count). The van der Waals surface area contributed by atoms with Gasteiger partial charge in [0.1, 0.15) is 6.10 Å². The fourth-order valence-corrected chi connectivity index (χ4v) is 1.93. The number of aldehydes is 1. The summed E-state index contributed by atoms with van der Waals surface area (Å²) in [6, 6.07) is 3.48. The van der Waals surface area contributed by atoms with E-state index >= 15 is 0 Å². The highest BCUT2D eigenvalue weighted by Crippen LogP contribution is 2.23. The van der Waals surface area contributed by atoms with Crippen molar-refractivity contribution in [1.82, 2.24) is 4.98 Å². The van der Waals surface area contributed by atoms with Crippen LogP contribution >= 0.6 is 0 Å². The van der Waals surface area contributed by atoms with Crippen LogP contribution < -0.4 is 4.74 Å². The number of hydrogen-bond acceptors (Lipinski definition) is 3. The summed E-state index contributed by atoms with van der Waals surface area (Å²) in [5.41, 5.74) is 0.545. The van der Waals surface area contributed by atoms with Gasteiger partial charge >= 0.3 is 0 Å².